The molecule has 1 fully saturated rings. The molecule has 0 bridgehead atoms. The average molecular weight is 300 g/mol. The van der Waals surface area contributed by atoms with Crippen molar-refractivity contribution in [1.29, 1.82) is 5.26 Å². The van der Waals surface area contributed by atoms with Crippen molar-refractivity contribution in [2.24, 2.45) is 0 Å². The molecule has 0 amide bonds. The quantitative estimate of drug-likeness (QED) is 0.894. The van der Waals surface area contributed by atoms with Crippen LogP contribution in [0.3, 0.4) is 0 Å². The molecule has 1 aromatic rings. The molecular formula is C12H16N2O3S2. The first-order chi connectivity index (χ1) is 9.09. The number of nitrogens with zero attached hydrogens (tertiary/aromatic N) is 2. The molecule has 1 saturated heterocycles. The van der Waals surface area contributed by atoms with E-state index in [1.165, 1.54) is 16.4 Å². The van der Waals surface area contributed by atoms with Crippen molar-refractivity contribution in [2.75, 3.05) is 13.2 Å². The third-order valence-electron chi connectivity index (χ3n) is 3.27. The van der Waals surface area contributed by atoms with Gasteiger partial charge in [0, 0.05) is 19.2 Å². The van der Waals surface area contributed by atoms with Gasteiger partial charge in [0.25, 0.3) is 10.0 Å². The maximum absolute atomic E-state index is 12.5. The van der Waals surface area contributed by atoms with E-state index in [-0.39, 0.29) is 16.9 Å². The van der Waals surface area contributed by atoms with E-state index in [0.717, 1.165) is 24.2 Å². The molecule has 0 radical (unpaired) electrons. The summed E-state index contributed by atoms with van der Waals surface area (Å²) in [4.78, 5) is 0.407. The van der Waals surface area contributed by atoms with Gasteiger partial charge in [-0.05, 0) is 37.8 Å². The minimum absolute atomic E-state index is 0.0233. The summed E-state index contributed by atoms with van der Waals surface area (Å²) < 4.78 is 26.8. The maximum Gasteiger partial charge on any atom is 0.252 e. The third kappa shape index (κ3) is 2.98. The van der Waals surface area contributed by atoms with Gasteiger partial charge in [-0.1, -0.05) is 0 Å². The van der Waals surface area contributed by atoms with E-state index in [1.54, 1.807) is 0 Å². The Balaban J connectivity index is 2.21. The van der Waals surface area contributed by atoms with E-state index in [1.807, 2.05) is 6.07 Å². The smallest absolute Gasteiger partial charge is 0.252 e. The number of thiophene rings is 1. The first kappa shape index (κ1) is 14.5. The number of rotatable bonds is 5. The SMILES string of the molecule is N#Cc1ccc(S(=O)(=O)N2CCCC2CCCO)s1. The first-order valence-corrected chi connectivity index (χ1v) is 8.48. The molecule has 1 aliphatic rings. The second kappa shape index (κ2) is 6.01. The molecule has 0 aliphatic carbocycles. The lowest BCUT2D eigenvalue weighted by Crippen LogP contribution is -2.35. The van der Waals surface area contributed by atoms with Gasteiger partial charge in [0.2, 0.25) is 0 Å². The van der Waals surface area contributed by atoms with Crippen LogP contribution in [0.1, 0.15) is 30.6 Å². The Morgan fingerprint density at radius 3 is 2.95 bits per heavy atom. The van der Waals surface area contributed by atoms with Gasteiger partial charge in [-0.15, -0.1) is 11.3 Å². The summed E-state index contributed by atoms with van der Waals surface area (Å²) in [5.74, 6) is 0. The highest BCUT2D eigenvalue weighted by molar-refractivity contribution is 7.91. The first-order valence-electron chi connectivity index (χ1n) is 6.22. The van der Waals surface area contributed by atoms with E-state index >= 15 is 0 Å². The molecule has 0 spiro atoms. The van der Waals surface area contributed by atoms with E-state index in [4.69, 9.17) is 10.4 Å². The fourth-order valence-electron chi connectivity index (χ4n) is 2.38. The van der Waals surface area contributed by atoms with Crippen LogP contribution in [0.4, 0.5) is 0 Å². The Labute approximate surface area is 117 Å². The van der Waals surface area contributed by atoms with Gasteiger partial charge in [0.1, 0.15) is 15.2 Å². The topological polar surface area (TPSA) is 81.4 Å². The van der Waals surface area contributed by atoms with E-state index in [2.05, 4.69) is 0 Å². The van der Waals surface area contributed by atoms with Gasteiger partial charge < -0.3 is 5.11 Å². The Hall–Kier alpha value is -0.940. The van der Waals surface area contributed by atoms with E-state index < -0.39 is 10.0 Å². The predicted molar refractivity (Wildman–Crippen MR) is 72.3 cm³/mol. The maximum atomic E-state index is 12.5. The molecular weight excluding hydrogens is 284 g/mol. The van der Waals surface area contributed by atoms with Crippen LogP contribution >= 0.6 is 11.3 Å². The van der Waals surface area contributed by atoms with Crippen molar-refractivity contribution < 1.29 is 13.5 Å². The molecule has 1 atom stereocenters. The van der Waals surface area contributed by atoms with E-state index in [9.17, 15) is 8.42 Å². The zero-order chi connectivity index (χ0) is 13.9. The summed E-state index contributed by atoms with van der Waals surface area (Å²) in [5, 5.41) is 17.6. The summed E-state index contributed by atoms with van der Waals surface area (Å²) in [5.41, 5.74) is 0. The number of sulfonamides is 1. The van der Waals surface area contributed by atoms with Crippen molar-refractivity contribution in [2.45, 2.75) is 35.9 Å². The Bertz CT molecular complexity index is 574. The lowest BCUT2D eigenvalue weighted by Gasteiger charge is -2.23. The zero-order valence-corrected chi connectivity index (χ0v) is 12.1. The van der Waals surface area contributed by atoms with Crippen LogP contribution < -0.4 is 0 Å². The highest BCUT2D eigenvalue weighted by Crippen LogP contribution is 2.31. The minimum Gasteiger partial charge on any atom is -0.396 e. The predicted octanol–water partition coefficient (Wildman–Crippen LogP) is 1.55. The number of hydrogen-bond acceptors (Lipinski definition) is 5. The van der Waals surface area contributed by atoms with Crippen LogP contribution in [0.5, 0.6) is 0 Å². The fraction of sp³-hybridized carbons (Fsp3) is 0.583. The lowest BCUT2D eigenvalue weighted by molar-refractivity contribution is 0.264. The molecule has 1 aliphatic heterocycles. The summed E-state index contributed by atoms with van der Waals surface area (Å²) in [6.07, 6.45) is 3.00. The molecule has 2 heterocycles. The Morgan fingerprint density at radius 2 is 2.32 bits per heavy atom. The van der Waals surface area contributed by atoms with Crippen LogP contribution in [-0.2, 0) is 10.0 Å². The number of hydrogen-bond donors (Lipinski definition) is 1. The van der Waals surface area contributed by atoms with Gasteiger partial charge in [-0.2, -0.15) is 9.57 Å². The van der Waals surface area contributed by atoms with Crippen molar-refractivity contribution in [1.82, 2.24) is 4.31 Å². The minimum atomic E-state index is -3.49. The van der Waals surface area contributed by atoms with E-state index in [0.29, 0.717) is 24.3 Å². The standard InChI is InChI=1S/C12H16N2O3S2/c13-9-11-5-6-12(18-11)19(16,17)14-7-1-3-10(14)4-2-8-15/h5-6,10,15H,1-4,7-8H2. The second-order valence-corrected chi connectivity index (χ2v) is 7.71. The van der Waals surface area contributed by atoms with Gasteiger partial charge in [0.05, 0.1) is 0 Å². The molecule has 1 unspecified atom stereocenters. The highest BCUT2D eigenvalue weighted by Gasteiger charge is 2.35. The van der Waals surface area contributed by atoms with Crippen LogP contribution in [-0.4, -0.2) is 37.0 Å². The Kier molecular flexibility index (Phi) is 4.58. The van der Waals surface area contributed by atoms with Crippen molar-refractivity contribution in [3.63, 3.8) is 0 Å². The molecule has 2 rings (SSSR count). The number of aliphatic hydroxyl groups excluding tert-OH is 1. The molecule has 0 aromatic carbocycles. The molecule has 5 nitrogen and oxygen atoms in total. The number of nitriles is 1. The van der Waals surface area contributed by atoms with Crippen LogP contribution in [0.25, 0.3) is 0 Å². The number of aliphatic hydroxyl groups is 1. The largest absolute Gasteiger partial charge is 0.396 e. The van der Waals surface area contributed by atoms with Gasteiger partial charge in [0.15, 0.2) is 0 Å². The van der Waals surface area contributed by atoms with Gasteiger partial charge in [-0.25, -0.2) is 8.42 Å². The fourth-order valence-corrected chi connectivity index (χ4v) is 5.33. The summed E-state index contributed by atoms with van der Waals surface area (Å²) in [6.45, 7) is 0.611. The highest BCUT2D eigenvalue weighted by atomic mass is 32.2. The Morgan fingerprint density at radius 1 is 1.53 bits per heavy atom. The average Bonchev–Trinajstić information content (AvgIpc) is 3.05. The van der Waals surface area contributed by atoms with Crippen molar-refractivity contribution in [3.8, 4) is 6.07 Å². The van der Waals surface area contributed by atoms with Crippen molar-refractivity contribution in [3.05, 3.63) is 17.0 Å². The third-order valence-corrected chi connectivity index (χ3v) is 6.68. The monoisotopic (exact) mass is 300 g/mol. The van der Waals surface area contributed by atoms with Crippen LogP contribution in [0.15, 0.2) is 16.3 Å². The summed E-state index contributed by atoms with van der Waals surface area (Å²) >= 11 is 1.01. The second-order valence-electron chi connectivity index (χ2n) is 4.51. The van der Waals surface area contributed by atoms with Crippen LogP contribution in [0.2, 0.25) is 0 Å². The molecule has 1 N–H and O–H groups in total. The van der Waals surface area contributed by atoms with Gasteiger partial charge in [-0.3, -0.25) is 0 Å². The molecule has 0 saturated carbocycles. The summed E-state index contributed by atoms with van der Waals surface area (Å²) in [7, 11) is -3.49. The normalized spacial score (nSPS) is 20.5. The molecule has 104 valence electrons. The lowest BCUT2D eigenvalue weighted by atomic mass is 10.1. The molecule has 1 aromatic heterocycles. The molecule has 19 heavy (non-hydrogen) atoms. The van der Waals surface area contributed by atoms with Gasteiger partial charge >= 0.3 is 0 Å². The zero-order valence-electron chi connectivity index (χ0n) is 10.4. The van der Waals surface area contributed by atoms with Crippen molar-refractivity contribution >= 4 is 21.4 Å². The van der Waals surface area contributed by atoms with Crippen LogP contribution in [0, 0.1) is 11.3 Å². The molecule has 7 heteroatoms. The summed E-state index contributed by atoms with van der Waals surface area (Å²) in [6, 6.07) is 4.97.